The number of para-hydroxylation sites is 1. The molecule has 0 spiro atoms. The Morgan fingerprint density at radius 2 is 0.431 bits per heavy atom. The van der Waals surface area contributed by atoms with Crippen LogP contribution < -0.4 is 0 Å². The van der Waals surface area contributed by atoms with Gasteiger partial charge in [-0.3, -0.25) is 0 Å². The van der Waals surface area contributed by atoms with Gasteiger partial charge in [-0.15, -0.1) is 0 Å². The summed E-state index contributed by atoms with van der Waals surface area (Å²) in [5, 5.41) is 4.42. The molecule has 4 aromatic heterocycles. The third kappa shape index (κ3) is 13.1. The van der Waals surface area contributed by atoms with Gasteiger partial charge in [0.2, 0.25) is 0 Å². The summed E-state index contributed by atoms with van der Waals surface area (Å²) in [5.74, 6) is 3.74. The van der Waals surface area contributed by atoms with Gasteiger partial charge in [0, 0.05) is 60.6 Å². The second kappa shape index (κ2) is 32.1. The molecule has 8 heteroatoms. The van der Waals surface area contributed by atoms with E-state index in [4.69, 9.17) is 34.3 Å². The van der Waals surface area contributed by atoms with Gasteiger partial charge in [0.05, 0.1) is 21.9 Å². The first kappa shape index (κ1) is 76.5. The SMILES string of the molecule is c1ccc(-c2cccc(-c3cccc(C4(c5ccc6c(c5)oc5cc(-c7nc(-c8ccccc8)nc(-c8ccccc8)n7)ccc56)c5ccccc5-c5ccccc54)c3)c2)cc1.c1ccc(-c2cccc(-c3cccc(C4(c5ccc6c7ccc(-c8nc(-c9ccccc9)nc(-c9ccccc9)n8)cc7n(-c7ccccc7)c6c5)c5ccccc5-c5ccccc54)c3)c2)cc1. The molecule has 0 radical (unpaired) electrons. The van der Waals surface area contributed by atoms with Gasteiger partial charge in [0.25, 0.3) is 0 Å². The molecule has 19 aromatic carbocycles. The molecule has 4 heterocycles. The van der Waals surface area contributed by atoms with E-state index in [2.05, 4.69) is 387 Å². The number of hydrogen-bond donors (Lipinski definition) is 0. The van der Waals surface area contributed by atoms with Crippen LogP contribution in [0.25, 0.3) is 185 Å². The van der Waals surface area contributed by atoms with Crippen LogP contribution in [0.3, 0.4) is 0 Å². The summed E-state index contributed by atoms with van der Waals surface area (Å²) in [6.45, 7) is 0. The van der Waals surface area contributed by atoms with Crippen molar-refractivity contribution in [2.24, 2.45) is 0 Å². The first-order valence-electron chi connectivity index (χ1n) is 44.2. The Kier molecular flexibility index (Phi) is 18.9. The molecule has 2 aliphatic rings. The van der Waals surface area contributed by atoms with Crippen molar-refractivity contribution < 1.29 is 4.42 Å². The number of benzene rings is 19. The summed E-state index contributed by atoms with van der Waals surface area (Å²) in [6, 6.07) is 171. The third-order valence-corrected chi connectivity index (χ3v) is 26.1. The molecule has 0 unspecified atom stereocenters. The van der Waals surface area contributed by atoms with Gasteiger partial charge < -0.3 is 8.98 Å². The van der Waals surface area contributed by atoms with E-state index in [1.54, 1.807) is 0 Å². The van der Waals surface area contributed by atoms with Crippen LogP contribution in [0, 0.1) is 0 Å². The zero-order valence-corrected chi connectivity index (χ0v) is 70.6. The Hall–Kier alpha value is -17.2. The van der Waals surface area contributed by atoms with Gasteiger partial charge in [0.15, 0.2) is 34.9 Å². The molecule has 25 rings (SSSR count). The summed E-state index contributed by atoms with van der Waals surface area (Å²) in [4.78, 5) is 30.1. The summed E-state index contributed by atoms with van der Waals surface area (Å²) in [5.41, 5.74) is 33.5. The maximum atomic E-state index is 6.88. The largest absolute Gasteiger partial charge is 0.456 e. The fourth-order valence-electron chi connectivity index (χ4n) is 20.2. The number of fused-ring (bicyclic) bond motifs is 12. The van der Waals surface area contributed by atoms with Gasteiger partial charge in [-0.2, -0.15) is 0 Å². The zero-order chi connectivity index (χ0) is 86.1. The Morgan fingerprint density at radius 3 is 0.823 bits per heavy atom. The normalized spacial score (nSPS) is 12.6. The summed E-state index contributed by atoms with van der Waals surface area (Å²) in [7, 11) is 0. The molecule has 0 amide bonds. The standard InChI is InChI=1S/C64H42N4.C58H37N3O/c1-5-19-43(20-6-1)46-25-17-26-47(39-46)48-27-18-28-50(40-48)64(57-33-15-13-31-53(57)54-32-14-16-34-58(54)64)51-36-38-56-55-37-35-49(41-59(55)68(60(56)42-51)52-29-11-4-12-30-52)63-66-61(44-21-7-2-8-22-44)65-62(67-63)45-23-9-3-10-24-45;1-4-16-38(17-5-1)41-22-14-23-42(34-41)43-24-15-25-45(35-43)58(51-28-12-10-26-47(51)48-27-11-13-29-52(48)58)46-31-33-50-49-32-30-44(36-53(49)62-54(50)37-46)57-60-55(39-18-6-2-7-19-39)59-56(61-57)40-20-8-3-9-21-40/h1-42H;1-37H. The molecule has 0 saturated heterocycles. The molecule has 0 aliphatic heterocycles. The van der Waals surface area contributed by atoms with Crippen LogP contribution in [-0.4, -0.2) is 34.5 Å². The molecule has 0 fully saturated rings. The highest BCUT2D eigenvalue weighted by atomic mass is 16.3. The van der Waals surface area contributed by atoms with Crippen molar-refractivity contribution in [2.45, 2.75) is 10.8 Å². The van der Waals surface area contributed by atoms with Crippen LogP contribution >= 0.6 is 0 Å². The lowest BCUT2D eigenvalue weighted by atomic mass is 9.67. The molecule has 130 heavy (non-hydrogen) atoms. The van der Waals surface area contributed by atoms with E-state index in [0.717, 1.165) is 83.0 Å². The lowest BCUT2D eigenvalue weighted by Gasteiger charge is -2.34. The van der Waals surface area contributed by atoms with E-state index in [-0.39, 0.29) is 0 Å². The predicted octanol–water partition coefficient (Wildman–Crippen LogP) is 30.1. The molecule has 0 saturated carbocycles. The highest BCUT2D eigenvalue weighted by Gasteiger charge is 2.48. The average Bonchev–Trinajstić information content (AvgIpc) is 1.53. The van der Waals surface area contributed by atoms with E-state index in [0.29, 0.717) is 34.9 Å². The molecular weight excluding hydrogens is 1580 g/mol. The van der Waals surface area contributed by atoms with Gasteiger partial charge in [0.1, 0.15) is 11.2 Å². The quantitative estimate of drug-likeness (QED) is 0.101. The molecule has 23 aromatic rings. The lowest BCUT2D eigenvalue weighted by molar-refractivity contribution is 0.665. The van der Waals surface area contributed by atoms with E-state index < -0.39 is 10.8 Å². The van der Waals surface area contributed by atoms with E-state index in [1.807, 2.05) is 97.1 Å². The number of aromatic nitrogens is 7. The van der Waals surface area contributed by atoms with Crippen molar-refractivity contribution in [3.63, 3.8) is 0 Å². The minimum Gasteiger partial charge on any atom is -0.456 e. The first-order chi connectivity index (χ1) is 64.4. The fraction of sp³-hybridized carbons (Fsp3) is 0.0164. The maximum Gasteiger partial charge on any atom is 0.164 e. The Labute approximate surface area is 752 Å². The molecule has 0 bridgehead atoms. The summed E-state index contributed by atoms with van der Waals surface area (Å²) < 4.78 is 9.30. The topological polar surface area (TPSA) is 95.4 Å². The molecule has 0 N–H and O–H groups in total. The number of rotatable bonds is 15. The van der Waals surface area contributed by atoms with Crippen molar-refractivity contribution in [3.8, 4) is 141 Å². The fourth-order valence-corrected chi connectivity index (χ4v) is 20.2. The van der Waals surface area contributed by atoms with E-state index in [1.165, 1.54) is 111 Å². The molecule has 0 atom stereocenters. The lowest BCUT2D eigenvalue weighted by Crippen LogP contribution is -2.28. The highest BCUT2D eigenvalue weighted by molar-refractivity contribution is 6.11. The van der Waals surface area contributed by atoms with Crippen molar-refractivity contribution in [1.82, 2.24) is 34.5 Å². The van der Waals surface area contributed by atoms with Gasteiger partial charge in [-0.25, -0.2) is 29.9 Å². The molecule has 2 aliphatic carbocycles. The number of nitrogens with zero attached hydrogens (tertiary/aromatic N) is 7. The van der Waals surface area contributed by atoms with Crippen molar-refractivity contribution in [2.75, 3.05) is 0 Å². The average molecular weight is 1660 g/mol. The minimum atomic E-state index is -0.621. The van der Waals surface area contributed by atoms with Gasteiger partial charge in [-0.1, -0.05) is 413 Å². The van der Waals surface area contributed by atoms with Crippen LogP contribution in [0.4, 0.5) is 0 Å². The molecular formula is C122H79N7O. The summed E-state index contributed by atoms with van der Waals surface area (Å²) in [6.07, 6.45) is 0. The third-order valence-electron chi connectivity index (χ3n) is 26.1. The van der Waals surface area contributed by atoms with Crippen molar-refractivity contribution >= 4 is 43.7 Å². The van der Waals surface area contributed by atoms with Crippen molar-refractivity contribution in [1.29, 1.82) is 0 Å². The second-order valence-electron chi connectivity index (χ2n) is 33.5. The van der Waals surface area contributed by atoms with Crippen LogP contribution in [0.5, 0.6) is 0 Å². The second-order valence-corrected chi connectivity index (χ2v) is 33.5. The monoisotopic (exact) mass is 1660 g/mol. The smallest absolute Gasteiger partial charge is 0.164 e. The van der Waals surface area contributed by atoms with E-state index in [9.17, 15) is 0 Å². The van der Waals surface area contributed by atoms with Gasteiger partial charge >= 0.3 is 0 Å². The minimum absolute atomic E-state index is 0.591. The number of hydrogen-bond acceptors (Lipinski definition) is 7. The maximum absolute atomic E-state index is 6.88. The van der Waals surface area contributed by atoms with Crippen LogP contribution in [0.15, 0.2) is 484 Å². The number of furan rings is 1. The first-order valence-corrected chi connectivity index (χ1v) is 44.2. The van der Waals surface area contributed by atoms with Crippen LogP contribution in [0.1, 0.15) is 44.5 Å². The Bertz CT molecular complexity index is 8070. The molecule has 608 valence electrons. The van der Waals surface area contributed by atoms with E-state index >= 15 is 0 Å². The Morgan fingerprint density at radius 1 is 0.169 bits per heavy atom. The van der Waals surface area contributed by atoms with Crippen LogP contribution in [-0.2, 0) is 10.8 Å². The Balaban J connectivity index is 0.000000145. The highest BCUT2D eigenvalue weighted by Crippen LogP contribution is 2.59. The van der Waals surface area contributed by atoms with Gasteiger partial charge in [-0.05, 0) is 178 Å². The van der Waals surface area contributed by atoms with Crippen molar-refractivity contribution in [3.05, 3.63) is 524 Å². The molecule has 8 nitrogen and oxygen atoms in total. The predicted molar refractivity (Wildman–Crippen MR) is 530 cm³/mol. The van der Waals surface area contributed by atoms with Crippen LogP contribution in [0.2, 0.25) is 0 Å². The summed E-state index contributed by atoms with van der Waals surface area (Å²) >= 11 is 0. The zero-order valence-electron chi connectivity index (χ0n) is 70.6.